The molecule has 0 fully saturated rings. The van der Waals surface area contributed by atoms with Gasteiger partial charge in [-0.2, -0.15) is 15.0 Å². The van der Waals surface area contributed by atoms with E-state index in [9.17, 15) is 4.79 Å². The molecular formula is C13H25N7O. The first-order valence-corrected chi connectivity index (χ1v) is 7.04. The fourth-order valence-electron chi connectivity index (χ4n) is 1.45. The number of carbonyl (C=O) groups excluding carboxylic acids is 1. The maximum absolute atomic E-state index is 11.6. The van der Waals surface area contributed by atoms with Crippen molar-refractivity contribution in [1.29, 1.82) is 0 Å². The van der Waals surface area contributed by atoms with E-state index in [2.05, 4.69) is 44.7 Å². The summed E-state index contributed by atoms with van der Waals surface area (Å²) in [5.74, 6) is 1.97. The van der Waals surface area contributed by atoms with Gasteiger partial charge in [-0.05, 0) is 5.92 Å². The van der Waals surface area contributed by atoms with Crippen LogP contribution in [0.15, 0.2) is 0 Å². The molecule has 1 amide bonds. The Morgan fingerprint density at radius 2 is 1.86 bits per heavy atom. The zero-order chi connectivity index (χ0) is 15.8. The van der Waals surface area contributed by atoms with Gasteiger partial charge in [-0.1, -0.05) is 13.8 Å². The maximum atomic E-state index is 11.6. The van der Waals surface area contributed by atoms with E-state index >= 15 is 0 Å². The molecule has 0 aliphatic heterocycles. The lowest BCUT2D eigenvalue weighted by Gasteiger charge is -2.13. The highest BCUT2D eigenvalue weighted by Crippen LogP contribution is 2.10. The Morgan fingerprint density at radius 3 is 2.43 bits per heavy atom. The highest BCUT2D eigenvalue weighted by molar-refractivity contribution is 5.76. The summed E-state index contributed by atoms with van der Waals surface area (Å²) in [7, 11) is 5.47. The van der Waals surface area contributed by atoms with Crippen molar-refractivity contribution in [2.45, 2.75) is 20.3 Å². The molecule has 0 atom stereocenters. The van der Waals surface area contributed by atoms with Crippen LogP contribution in [0.3, 0.4) is 0 Å². The molecule has 0 aromatic carbocycles. The third-order valence-electron chi connectivity index (χ3n) is 2.59. The topological polar surface area (TPSA) is 95.1 Å². The molecule has 1 rings (SSSR count). The van der Waals surface area contributed by atoms with Crippen LogP contribution in [0.25, 0.3) is 0 Å². The van der Waals surface area contributed by atoms with Crippen molar-refractivity contribution in [3.63, 3.8) is 0 Å². The van der Waals surface area contributed by atoms with Crippen molar-refractivity contribution in [3.05, 3.63) is 0 Å². The average molecular weight is 295 g/mol. The summed E-state index contributed by atoms with van der Waals surface area (Å²) in [6, 6.07) is 0. The lowest BCUT2D eigenvalue weighted by atomic mass is 10.2. The third-order valence-corrected chi connectivity index (χ3v) is 2.59. The van der Waals surface area contributed by atoms with Gasteiger partial charge in [0.2, 0.25) is 23.8 Å². The van der Waals surface area contributed by atoms with Crippen LogP contribution < -0.4 is 20.9 Å². The van der Waals surface area contributed by atoms with E-state index in [1.807, 2.05) is 14.1 Å². The van der Waals surface area contributed by atoms with E-state index in [4.69, 9.17) is 0 Å². The molecule has 1 heterocycles. The molecule has 8 heteroatoms. The van der Waals surface area contributed by atoms with Gasteiger partial charge < -0.3 is 20.9 Å². The molecule has 0 saturated carbocycles. The summed E-state index contributed by atoms with van der Waals surface area (Å²) in [4.78, 5) is 26.1. The highest BCUT2D eigenvalue weighted by atomic mass is 16.1. The molecular weight excluding hydrogens is 270 g/mol. The fraction of sp³-hybridized carbons (Fsp3) is 0.692. The predicted octanol–water partition coefficient (Wildman–Crippen LogP) is 0.553. The van der Waals surface area contributed by atoms with Gasteiger partial charge in [-0.25, -0.2) is 0 Å². The largest absolute Gasteiger partial charge is 0.357 e. The molecule has 0 spiro atoms. The number of nitrogens with zero attached hydrogens (tertiary/aromatic N) is 4. The van der Waals surface area contributed by atoms with E-state index in [1.54, 1.807) is 11.9 Å². The Balaban J connectivity index is 2.51. The van der Waals surface area contributed by atoms with Crippen molar-refractivity contribution >= 4 is 23.8 Å². The second kappa shape index (κ2) is 8.23. The van der Waals surface area contributed by atoms with Crippen molar-refractivity contribution in [3.8, 4) is 0 Å². The first-order chi connectivity index (χ1) is 9.92. The molecule has 118 valence electrons. The van der Waals surface area contributed by atoms with Crippen LogP contribution in [0.4, 0.5) is 17.8 Å². The van der Waals surface area contributed by atoms with Crippen LogP contribution >= 0.6 is 0 Å². The minimum absolute atomic E-state index is 0.0203. The summed E-state index contributed by atoms with van der Waals surface area (Å²) in [5, 5.41) is 8.80. The van der Waals surface area contributed by atoms with Crippen LogP contribution in [0.1, 0.15) is 20.3 Å². The molecule has 0 aliphatic rings. The lowest BCUT2D eigenvalue weighted by Crippen LogP contribution is -2.29. The van der Waals surface area contributed by atoms with Gasteiger partial charge in [0, 0.05) is 40.7 Å². The average Bonchev–Trinajstić information content (AvgIpc) is 2.44. The quantitative estimate of drug-likeness (QED) is 0.644. The molecule has 0 radical (unpaired) electrons. The predicted molar refractivity (Wildman–Crippen MR) is 84.7 cm³/mol. The van der Waals surface area contributed by atoms with E-state index in [1.165, 1.54) is 0 Å². The second-order valence-electron chi connectivity index (χ2n) is 5.30. The van der Waals surface area contributed by atoms with Crippen LogP contribution in [0, 0.1) is 5.92 Å². The third kappa shape index (κ3) is 6.24. The van der Waals surface area contributed by atoms with Crippen LogP contribution in [0.5, 0.6) is 0 Å². The summed E-state index contributed by atoms with van der Waals surface area (Å²) < 4.78 is 0. The number of nitrogens with one attached hydrogen (secondary N) is 3. The van der Waals surface area contributed by atoms with E-state index < -0.39 is 0 Å². The first-order valence-electron chi connectivity index (χ1n) is 7.04. The van der Waals surface area contributed by atoms with Gasteiger partial charge in [0.05, 0.1) is 0 Å². The summed E-state index contributed by atoms with van der Waals surface area (Å²) in [6.45, 7) is 5.29. The standard InChI is InChI=1S/C13H25N7O/c1-9(2)8-16-10(21)6-7-15-12-17-11(14-3)18-13(19-12)20(4)5/h9H,6-8H2,1-5H3,(H,16,21)(H2,14,15,17,18,19). The Labute approximate surface area is 125 Å². The lowest BCUT2D eigenvalue weighted by molar-refractivity contribution is -0.120. The van der Waals surface area contributed by atoms with Crippen LogP contribution in [-0.2, 0) is 4.79 Å². The van der Waals surface area contributed by atoms with Crippen molar-refractivity contribution in [2.24, 2.45) is 5.92 Å². The Hall–Kier alpha value is -2.12. The number of hydrogen-bond acceptors (Lipinski definition) is 7. The Morgan fingerprint density at radius 1 is 1.19 bits per heavy atom. The summed E-state index contributed by atoms with van der Waals surface area (Å²) in [6.07, 6.45) is 0.380. The maximum Gasteiger partial charge on any atom is 0.231 e. The van der Waals surface area contributed by atoms with Gasteiger partial charge in [-0.3, -0.25) is 4.79 Å². The van der Waals surface area contributed by atoms with Gasteiger partial charge in [-0.15, -0.1) is 0 Å². The van der Waals surface area contributed by atoms with Gasteiger partial charge in [0.15, 0.2) is 0 Å². The summed E-state index contributed by atoms with van der Waals surface area (Å²) in [5.41, 5.74) is 0. The molecule has 3 N–H and O–H groups in total. The van der Waals surface area contributed by atoms with E-state index in [0.717, 1.165) is 0 Å². The van der Waals surface area contributed by atoms with Crippen molar-refractivity contribution < 1.29 is 4.79 Å². The monoisotopic (exact) mass is 295 g/mol. The molecule has 1 aromatic rings. The number of aromatic nitrogens is 3. The van der Waals surface area contributed by atoms with E-state index in [0.29, 0.717) is 43.3 Å². The van der Waals surface area contributed by atoms with Crippen molar-refractivity contribution in [1.82, 2.24) is 20.3 Å². The van der Waals surface area contributed by atoms with Crippen molar-refractivity contribution in [2.75, 3.05) is 49.8 Å². The Bertz CT molecular complexity index is 462. The molecule has 8 nitrogen and oxygen atoms in total. The normalized spacial score (nSPS) is 10.4. The number of amides is 1. The molecule has 0 unspecified atom stereocenters. The fourth-order valence-corrected chi connectivity index (χ4v) is 1.45. The minimum atomic E-state index is 0.0203. The smallest absolute Gasteiger partial charge is 0.231 e. The Kier molecular flexibility index (Phi) is 6.64. The molecule has 1 aromatic heterocycles. The SMILES string of the molecule is CNc1nc(NCCC(=O)NCC(C)C)nc(N(C)C)n1. The zero-order valence-electron chi connectivity index (χ0n) is 13.4. The highest BCUT2D eigenvalue weighted by Gasteiger charge is 2.08. The minimum Gasteiger partial charge on any atom is -0.357 e. The zero-order valence-corrected chi connectivity index (χ0v) is 13.4. The van der Waals surface area contributed by atoms with Gasteiger partial charge in [0.25, 0.3) is 0 Å². The molecule has 0 aliphatic carbocycles. The number of anilines is 3. The number of carbonyl (C=O) groups is 1. The molecule has 0 bridgehead atoms. The van der Waals surface area contributed by atoms with Gasteiger partial charge in [0.1, 0.15) is 0 Å². The second-order valence-corrected chi connectivity index (χ2v) is 5.30. The molecule has 21 heavy (non-hydrogen) atoms. The van der Waals surface area contributed by atoms with Gasteiger partial charge >= 0.3 is 0 Å². The van der Waals surface area contributed by atoms with E-state index in [-0.39, 0.29) is 5.91 Å². The van der Waals surface area contributed by atoms with Crippen LogP contribution in [0.2, 0.25) is 0 Å². The number of rotatable bonds is 8. The number of hydrogen-bond donors (Lipinski definition) is 3. The summed E-state index contributed by atoms with van der Waals surface area (Å²) >= 11 is 0. The first kappa shape index (κ1) is 16.9. The molecule has 0 saturated heterocycles. The van der Waals surface area contributed by atoms with Crippen LogP contribution in [-0.4, -0.2) is 55.1 Å².